The summed E-state index contributed by atoms with van der Waals surface area (Å²) in [5.41, 5.74) is 11.8. The van der Waals surface area contributed by atoms with Crippen LogP contribution in [0.4, 0.5) is 0 Å². The highest BCUT2D eigenvalue weighted by Gasteiger charge is 2.08. The third-order valence-electron chi connectivity index (χ3n) is 4.01. The molecule has 2 aromatic carbocycles. The van der Waals surface area contributed by atoms with Crippen LogP contribution in [0.15, 0.2) is 48.5 Å². The van der Waals surface area contributed by atoms with Crippen molar-refractivity contribution in [3.63, 3.8) is 0 Å². The van der Waals surface area contributed by atoms with Gasteiger partial charge in [0.15, 0.2) is 0 Å². The first-order valence-corrected chi connectivity index (χ1v) is 7.95. The molecule has 0 saturated heterocycles. The van der Waals surface area contributed by atoms with Crippen molar-refractivity contribution >= 4 is 0 Å². The molecule has 0 aliphatic rings. The van der Waals surface area contributed by atoms with E-state index in [9.17, 15) is 0 Å². The van der Waals surface area contributed by atoms with Crippen molar-refractivity contribution in [3.8, 4) is 0 Å². The molecular weight excluding hydrogens is 254 g/mol. The summed E-state index contributed by atoms with van der Waals surface area (Å²) in [5.74, 6) is 0.684. The van der Waals surface area contributed by atoms with Crippen molar-refractivity contribution < 1.29 is 0 Å². The van der Waals surface area contributed by atoms with Crippen molar-refractivity contribution in [2.45, 2.75) is 46.1 Å². The van der Waals surface area contributed by atoms with E-state index in [2.05, 4.69) is 69.3 Å². The fourth-order valence-electron chi connectivity index (χ4n) is 2.79. The van der Waals surface area contributed by atoms with Crippen LogP contribution >= 0.6 is 0 Å². The number of aryl methyl sites for hydroxylation is 2. The monoisotopic (exact) mass is 281 g/mol. The van der Waals surface area contributed by atoms with E-state index in [1.807, 2.05) is 0 Å². The third-order valence-corrected chi connectivity index (χ3v) is 4.01. The van der Waals surface area contributed by atoms with E-state index in [1.165, 1.54) is 22.3 Å². The summed E-state index contributed by atoms with van der Waals surface area (Å²) in [5, 5.41) is 0. The summed E-state index contributed by atoms with van der Waals surface area (Å²) in [6.07, 6.45) is 3.16. The number of benzene rings is 2. The van der Waals surface area contributed by atoms with Crippen molar-refractivity contribution in [2.75, 3.05) is 0 Å². The maximum atomic E-state index is 6.39. The molecule has 0 fully saturated rings. The normalized spacial score (nSPS) is 12.6. The van der Waals surface area contributed by atoms with Gasteiger partial charge in [-0.2, -0.15) is 0 Å². The fourth-order valence-corrected chi connectivity index (χ4v) is 2.79. The van der Waals surface area contributed by atoms with Gasteiger partial charge in [-0.05, 0) is 54.4 Å². The quantitative estimate of drug-likeness (QED) is 0.806. The fraction of sp³-hybridized carbons (Fsp3) is 0.400. The van der Waals surface area contributed by atoms with Gasteiger partial charge in [0.05, 0.1) is 0 Å². The predicted molar refractivity (Wildman–Crippen MR) is 91.4 cm³/mol. The van der Waals surface area contributed by atoms with Crippen LogP contribution in [0, 0.1) is 12.8 Å². The highest BCUT2D eigenvalue weighted by Crippen LogP contribution is 2.20. The Bertz CT molecular complexity index is 572. The van der Waals surface area contributed by atoms with E-state index in [0.717, 1.165) is 19.3 Å². The van der Waals surface area contributed by atoms with Crippen LogP contribution in [0.3, 0.4) is 0 Å². The molecule has 1 atom stereocenters. The standard InChI is InChI=1S/C20H27N/c1-15(2)13-17-8-6-10-19(14-17)20(21)12-11-18-9-5-4-7-16(18)3/h4-10,14-15,20H,11-13,21H2,1-3H3. The first-order chi connectivity index (χ1) is 10.1. The van der Waals surface area contributed by atoms with E-state index in [-0.39, 0.29) is 6.04 Å². The predicted octanol–water partition coefficient (Wildman–Crippen LogP) is 4.83. The van der Waals surface area contributed by atoms with E-state index in [1.54, 1.807) is 0 Å². The van der Waals surface area contributed by atoms with Crippen LogP contribution < -0.4 is 5.73 Å². The lowest BCUT2D eigenvalue weighted by Crippen LogP contribution is -2.12. The zero-order chi connectivity index (χ0) is 15.2. The third kappa shape index (κ3) is 4.71. The Morgan fingerprint density at radius 3 is 2.48 bits per heavy atom. The van der Waals surface area contributed by atoms with Gasteiger partial charge in [0.2, 0.25) is 0 Å². The van der Waals surface area contributed by atoms with Crippen LogP contribution in [0.5, 0.6) is 0 Å². The van der Waals surface area contributed by atoms with E-state index >= 15 is 0 Å². The minimum atomic E-state index is 0.122. The zero-order valence-corrected chi connectivity index (χ0v) is 13.5. The number of rotatable bonds is 6. The molecule has 0 radical (unpaired) electrons. The molecule has 0 spiro atoms. The van der Waals surface area contributed by atoms with Crippen molar-refractivity contribution in [1.82, 2.24) is 0 Å². The highest BCUT2D eigenvalue weighted by molar-refractivity contribution is 5.28. The molecule has 1 heteroatoms. The SMILES string of the molecule is Cc1ccccc1CCC(N)c1cccc(CC(C)C)c1. The average Bonchev–Trinajstić information content (AvgIpc) is 2.45. The largest absolute Gasteiger partial charge is 0.324 e. The van der Waals surface area contributed by atoms with Crippen molar-refractivity contribution in [3.05, 3.63) is 70.8 Å². The van der Waals surface area contributed by atoms with Crippen LogP contribution in [0.2, 0.25) is 0 Å². The van der Waals surface area contributed by atoms with E-state index in [4.69, 9.17) is 5.73 Å². The highest BCUT2D eigenvalue weighted by atomic mass is 14.6. The van der Waals surface area contributed by atoms with Crippen LogP contribution in [0.25, 0.3) is 0 Å². The molecule has 2 aromatic rings. The summed E-state index contributed by atoms with van der Waals surface area (Å²) in [4.78, 5) is 0. The molecule has 0 saturated carbocycles. The van der Waals surface area contributed by atoms with Gasteiger partial charge in [-0.3, -0.25) is 0 Å². The Labute approximate surface area is 129 Å². The van der Waals surface area contributed by atoms with Crippen LogP contribution in [-0.2, 0) is 12.8 Å². The number of nitrogens with two attached hydrogens (primary N) is 1. The number of hydrogen-bond donors (Lipinski definition) is 1. The van der Waals surface area contributed by atoms with Gasteiger partial charge in [-0.1, -0.05) is 62.4 Å². The van der Waals surface area contributed by atoms with Gasteiger partial charge in [0.25, 0.3) is 0 Å². The summed E-state index contributed by atoms with van der Waals surface area (Å²) >= 11 is 0. The van der Waals surface area contributed by atoms with Gasteiger partial charge >= 0.3 is 0 Å². The maximum Gasteiger partial charge on any atom is 0.0298 e. The van der Waals surface area contributed by atoms with Crippen LogP contribution in [0.1, 0.15) is 48.6 Å². The summed E-state index contributed by atoms with van der Waals surface area (Å²) < 4.78 is 0. The van der Waals surface area contributed by atoms with Gasteiger partial charge in [0, 0.05) is 6.04 Å². The van der Waals surface area contributed by atoms with Gasteiger partial charge in [-0.15, -0.1) is 0 Å². The van der Waals surface area contributed by atoms with Crippen LogP contribution in [-0.4, -0.2) is 0 Å². The smallest absolute Gasteiger partial charge is 0.0298 e. The lowest BCUT2D eigenvalue weighted by molar-refractivity contribution is 0.634. The Kier molecular flexibility index (Phi) is 5.58. The molecule has 0 amide bonds. The van der Waals surface area contributed by atoms with Gasteiger partial charge in [-0.25, -0.2) is 0 Å². The Morgan fingerprint density at radius 2 is 1.76 bits per heavy atom. The molecule has 2 rings (SSSR count). The van der Waals surface area contributed by atoms with Crippen molar-refractivity contribution in [2.24, 2.45) is 11.7 Å². The van der Waals surface area contributed by atoms with E-state index in [0.29, 0.717) is 5.92 Å². The van der Waals surface area contributed by atoms with Gasteiger partial charge in [0.1, 0.15) is 0 Å². The molecule has 112 valence electrons. The Morgan fingerprint density at radius 1 is 1.00 bits per heavy atom. The van der Waals surface area contributed by atoms with Crippen molar-refractivity contribution in [1.29, 1.82) is 0 Å². The Hall–Kier alpha value is -1.60. The number of hydrogen-bond acceptors (Lipinski definition) is 1. The molecule has 1 unspecified atom stereocenters. The lowest BCUT2D eigenvalue weighted by Gasteiger charge is -2.15. The second-order valence-electron chi connectivity index (χ2n) is 6.41. The van der Waals surface area contributed by atoms with Gasteiger partial charge < -0.3 is 5.73 Å². The molecule has 0 bridgehead atoms. The average molecular weight is 281 g/mol. The lowest BCUT2D eigenvalue weighted by atomic mass is 9.94. The first-order valence-electron chi connectivity index (χ1n) is 7.95. The molecule has 2 N–H and O–H groups in total. The molecular formula is C20H27N. The second-order valence-corrected chi connectivity index (χ2v) is 6.41. The molecule has 0 aliphatic carbocycles. The Balaban J connectivity index is 2.00. The topological polar surface area (TPSA) is 26.0 Å². The van der Waals surface area contributed by atoms with E-state index < -0.39 is 0 Å². The molecule has 1 nitrogen and oxygen atoms in total. The molecule has 0 aliphatic heterocycles. The zero-order valence-electron chi connectivity index (χ0n) is 13.5. The maximum absolute atomic E-state index is 6.39. The molecule has 0 heterocycles. The first kappa shape index (κ1) is 15.8. The summed E-state index contributed by atoms with van der Waals surface area (Å²) in [6.45, 7) is 6.68. The second kappa shape index (κ2) is 7.42. The summed E-state index contributed by atoms with van der Waals surface area (Å²) in [7, 11) is 0. The summed E-state index contributed by atoms with van der Waals surface area (Å²) in [6, 6.07) is 17.5. The molecule has 21 heavy (non-hydrogen) atoms. The minimum Gasteiger partial charge on any atom is -0.324 e. The minimum absolute atomic E-state index is 0.122. The molecule has 0 aromatic heterocycles.